The SMILES string of the molecule is CC.CC(C)CCCCC1CCC2C3C4OC5(C3CCC12C)[C@H](C)C51CCCCC1C4=O. The fourth-order valence-electron chi connectivity index (χ4n) is 10.7. The summed E-state index contributed by atoms with van der Waals surface area (Å²) in [5.74, 6) is 5.20. The van der Waals surface area contributed by atoms with Crippen LogP contribution in [0.4, 0.5) is 0 Å². The summed E-state index contributed by atoms with van der Waals surface area (Å²) in [7, 11) is 0. The van der Waals surface area contributed by atoms with Crippen molar-refractivity contribution in [2.75, 3.05) is 0 Å². The van der Waals surface area contributed by atoms with Gasteiger partial charge in [-0.2, -0.15) is 0 Å². The Balaban J connectivity index is 0.00000105. The van der Waals surface area contributed by atoms with Gasteiger partial charge in [0.1, 0.15) is 6.10 Å². The van der Waals surface area contributed by atoms with E-state index >= 15 is 0 Å². The van der Waals surface area contributed by atoms with Gasteiger partial charge in [-0.05, 0) is 80.0 Å². The molecule has 2 aliphatic heterocycles. The van der Waals surface area contributed by atoms with Crippen LogP contribution in [-0.2, 0) is 9.53 Å². The van der Waals surface area contributed by atoms with Crippen LogP contribution < -0.4 is 0 Å². The fourth-order valence-corrected chi connectivity index (χ4v) is 10.7. The Labute approximate surface area is 198 Å². The molecule has 4 aliphatic carbocycles. The molecular weight excluding hydrogens is 392 g/mol. The highest BCUT2D eigenvalue weighted by Crippen LogP contribution is 2.84. The third kappa shape index (κ3) is 2.77. The predicted molar refractivity (Wildman–Crippen MR) is 131 cm³/mol. The molecule has 10 atom stereocenters. The molecule has 32 heavy (non-hydrogen) atoms. The van der Waals surface area contributed by atoms with E-state index in [4.69, 9.17) is 4.74 Å². The summed E-state index contributed by atoms with van der Waals surface area (Å²) in [5, 5.41) is 0. The molecule has 0 amide bonds. The summed E-state index contributed by atoms with van der Waals surface area (Å²) in [6.07, 6.45) is 16.1. The van der Waals surface area contributed by atoms with Crippen molar-refractivity contribution in [3.63, 3.8) is 0 Å². The highest BCUT2D eigenvalue weighted by atomic mass is 16.5. The van der Waals surface area contributed by atoms with Crippen LogP contribution >= 0.6 is 0 Å². The molecule has 9 unspecified atom stereocenters. The van der Waals surface area contributed by atoms with Crippen molar-refractivity contribution in [3.8, 4) is 0 Å². The number of fused-ring (bicyclic) bond motifs is 5. The number of hydrogen-bond acceptors (Lipinski definition) is 2. The third-order valence-electron chi connectivity index (χ3n) is 12.0. The van der Waals surface area contributed by atoms with E-state index in [0.717, 1.165) is 24.2 Å². The summed E-state index contributed by atoms with van der Waals surface area (Å²) in [6.45, 7) is 13.8. The standard InChI is InChI=1S/C28H44O2.C2H6/c1-17(2)9-5-6-10-19-12-13-20-23-21(14-16-26(19,20)4)28-18(3)27(28)15-8-7-11-22(27)24(29)25(23)30-28;1-2/h17-23,25H,5-16H2,1-4H3;1-2H3/t18-,19?,20?,21?,22?,23?,25?,26?,27?,28?;/m1./s1. The van der Waals surface area contributed by atoms with Crippen LogP contribution in [-0.4, -0.2) is 17.5 Å². The van der Waals surface area contributed by atoms with E-state index in [-0.39, 0.29) is 17.1 Å². The Morgan fingerprint density at radius 2 is 1.78 bits per heavy atom. The summed E-state index contributed by atoms with van der Waals surface area (Å²) < 4.78 is 6.95. The second-order valence-electron chi connectivity index (χ2n) is 13.1. The fraction of sp³-hybridized carbons (Fsp3) is 0.967. The number of hydrogen-bond donors (Lipinski definition) is 0. The molecule has 4 saturated carbocycles. The van der Waals surface area contributed by atoms with Crippen LogP contribution in [0.25, 0.3) is 0 Å². The van der Waals surface area contributed by atoms with Gasteiger partial charge in [-0.15, -0.1) is 0 Å². The van der Waals surface area contributed by atoms with Gasteiger partial charge in [-0.3, -0.25) is 4.79 Å². The average Bonchev–Trinajstić information content (AvgIpc) is 3.06. The molecule has 182 valence electrons. The zero-order chi connectivity index (χ0) is 22.9. The number of rotatable bonds is 5. The van der Waals surface area contributed by atoms with Gasteiger partial charge in [0.15, 0.2) is 5.78 Å². The van der Waals surface area contributed by atoms with Crippen molar-refractivity contribution >= 4 is 5.78 Å². The number of ether oxygens (including phenoxy) is 1. The maximum Gasteiger partial charge on any atom is 0.165 e. The molecule has 2 heteroatoms. The summed E-state index contributed by atoms with van der Waals surface area (Å²) >= 11 is 0. The number of carbonyl (C=O) groups excluding carboxylic acids is 1. The topological polar surface area (TPSA) is 26.3 Å². The van der Waals surface area contributed by atoms with E-state index in [1.807, 2.05) is 13.8 Å². The van der Waals surface area contributed by atoms with Gasteiger partial charge in [0.25, 0.3) is 0 Å². The van der Waals surface area contributed by atoms with E-state index in [0.29, 0.717) is 34.9 Å². The first kappa shape index (κ1) is 23.4. The Morgan fingerprint density at radius 1 is 1.00 bits per heavy atom. The van der Waals surface area contributed by atoms with E-state index < -0.39 is 0 Å². The molecule has 0 N–H and O–H groups in total. The van der Waals surface area contributed by atoms with Gasteiger partial charge in [0.2, 0.25) is 0 Å². The Bertz CT molecular complexity index is 728. The number of ketones is 1. The molecule has 2 heterocycles. The first-order chi connectivity index (χ1) is 15.4. The number of carbonyl (C=O) groups is 1. The van der Waals surface area contributed by atoms with Gasteiger partial charge in [0.05, 0.1) is 5.60 Å². The monoisotopic (exact) mass is 442 g/mol. The average molecular weight is 443 g/mol. The maximum atomic E-state index is 13.8. The molecular formula is C30H50O2. The Morgan fingerprint density at radius 3 is 2.53 bits per heavy atom. The molecule has 2 bridgehead atoms. The molecule has 0 radical (unpaired) electrons. The molecule has 2 nitrogen and oxygen atoms in total. The summed E-state index contributed by atoms with van der Waals surface area (Å²) in [5.41, 5.74) is 0.798. The lowest BCUT2D eigenvalue weighted by molar-refractivity contribution is -0.155. The van der Waals surface area contributed by atoms with E-state index in [1.165, 1.54) is 70.6 Å². The zero-order valence-corrected chi connectivity index (χ0v) is 21.9. The Kier molecular flexibility index (Phi) is 5.91. The smallest absolute Gasteiger partial charge is 0.165 e. The summed E-state index contributed by atoms with van der Waals surface area (Å²) in [6, 6.07) is 0. The van der Waals surface area contributed by atoms with Gasteiger partial charge < -0.3 is 4.74 Å². The Hall–Kier alpha value is -0.370. The van der Waals surface area contributed by atoms with Crippen molar-refractivity contribution in [2.45, 2.75) is 130 Å². The third-order valence-corrected chi connectivity index (χ3v) is 12.0. The lowest BCUT2D eigenvalue weighted by Gasteiger charge is -2.48. The van der Waals surface area contributed by atoms with Crippen LogP contribution in [0.15, 0.2) is 0 Å². The van der Waals surface area contributed by atoms with Crippen molar-refractivity contribution in [2.24, 2.45) is 52.3 Å². The normalized spacial score (nSPS) is 52.5. The zero-order valence-electron chi connectivity index (χ0n) is 21.9. The van der Waals surface area contributed by atoms with Crippen LogP contribution in [0.2, 0.25) is 0 Å². The van der Waals surface area contributed by atoms with Crippen LogP contribution in [0.5, 0.6) is 0 Å². The number of unbranched alkanes of at least 4 members (excludes halogenated alkanes) is 1. The second-order valence-corrected chi connectivity index (χ2v) is 13.1. The van der Waals surface area contributed by atoms with Crippen LogP contribution in [0, 0.1) is 52.3 Å². The second kappa shape index (κ2) is 8.10. The quantitative estimate of drug-likeness (QED) is 0.405. The summed E-state index contributed by atoms with van der Waals surface area (Å²) in [4.78, 5) is 13.8. The molecule has 2 spiro atoms. The molecule has 6 rings (SSSR count). The first-order valence-electron chi connectivity index (χ1n) is 14.6. The van der Waals surface area contributed by atoms with Crippen molar-refractivity contribution < 1.29 is 9.53 Å². The van der Waals surface area contributed by atoms with Crippen molar-refractivity contribution in [1.29, 1.82) is 0 Å². The lowest BCUT2D eigenvalue weighted by Crippen LogP contribution is -2.47. The predicted octanol–water partition coefficient (Wildman–Crippen LogP) is 7.83. The van der Waals surface area contributed by atoms with E-state index in [9.17, 15) is 4.79 Å². The maximum absolute atomic E-state index is 13.8. The first-order valence-corrected chi connectivity index (χ1v) is 14.6. The van der Waals surface area contributed by atoms with Crippen molar-refractivity contribution in [3.05, 3.63) is 0 Å². The molecule has 6 aliphatic rings. The molecule has 6 fully saturated rings. The highest BCUT2D eigenvalue weighted by Gasteiger charge is 2.89. The van der Waals surface area contributed by atoms with Crippen LogP contribution in [0.1, 0.15) is 119 Å². The largest absolute Gasteiger partial charge is 0.362 e. The van der Waals surface area contributed by atoms with Gasteiger partial charge >= 0.3 is 0 Å². The molecule has 2 saturated heterocycles. The minimum atomic E-state index is -0.0412. The minimum absolute atomic E-state index is 0.0412. The molecule has 0 aromatic carbocycles. The van der Waals surface area contributed by atoms with Crippen LogP contribution in [0.3, 0.4) is 0 Å². The minimum Gasteiger partial charge on any atom is -0.362 e. The van der Waals surface area contributed by atoms with Crippen molar-refractivity contribution in [1.82, 2.24) is 0 Å². The lowest BCUT2D eigenvalue weighted by atomic mass is 9.56. The molecule has 0 aromatic rings. The van der Waals surface area contributed by atoms with Gasteiger partial charge in [-0.1, -0.05) is 73.6 Å². The van der Waals surface area contributed by atoms with Gasteiger partial charge in [0, 0.05) is 17.3 Å². The van der Waals surface area contributed by atoms with E-state index in [1.54, 1.807) is 0 Å². The number of Topliss-reactive ketones (excluding diaryl/α,β-unsaturated/α-hetero) is 1. The molecule has 0 aromatic heterocycles. The highest BCUT2D eigenvalue weighted by molar-refractivity contribution is 5.90. The van der Waals surface area contributed by atoms with Gasteiger partial charge in [-0.25, -0.2) is 0 Å². The van der Waals surface area contributed by atoms with E-state index in [2.05, 4.69) is 27.7 Å².